The summed E-state index contributed by atoms with van der Waals surface area (Å²) >= 11 is 3.96. The maximum atomic E-state index is 7.20. The molecule has 0 unspecified atom stereocenters. The van der Waals surface area contributed by atoms with Gasteiger partial charge in [-0.1, -0.05) is 82.5 Å². The Kier molecular flexibility index (Phi) is 5.19. The van der Waals surface area contributed by atoms with Crippen molar-refractivity contribution in [3.05, 3.63) is 12.2 Å². The fourth-order valence-corrected chi connectivity index (χ4v) is 9.42. The zero-order chi connectivity index (χ0) is 20.7. The van der Waals surface area contributed by atoms with Gasteiger partial charge in [-0.3, -0.25) is 0 Å². The SMILES string of the molecule is C[C@@H]1[C@H]2C[C@@H](C[C@H]1B(O[C@@H]1CC=CC[C@@H]1Br)[C@@H]1C[C@@H]3C[C@H]([C@H]1C)C3(C)C)C2(C)C. The Hall–Kier alpha value is 0.245. The summed E-state index contributed by atoms with van der Waals surface area (Å²) in [6, 6.07) is 0. The van der Waals surface area contributed by atoms with Gasteiger partial charge in [0.25, 0.3) is 6.92 Å². The van der Waals surface area contributed by atoms with E-state index in [1.165, 1.54) is 25.7 Å². The fraction of sp³-hybridized carbons (Fsp3) is 0.923. The molecule has 0 aromatic heterocycles. The van der Waals surface area contributed by atoms with Crippen LogP contribution < -0.4 is 0 Å². The first-order valence-electron chi connectivity index (χ1n) is 12.6. The molecular weight excluding hydrogens is 419 g/mol. The standard InChI is InChI=1S/C26H42BBrO/c1-15-19-11-17(25(19,3)4)13-21(15)27(29-24-10-8-7-9-23(24)28)22-14-18-12-20(16(22)2)26(18,5)6/h7-8,15-24H,9-14H2,1-6H3/t15-,16-,17+,18+,19-,20-,21-,22-,23+,24-/m1/s1. The van der Waals surface area contributed by atoms with Crippen LogP contribution in [0.3, 0.4) is 0 Å². The van der Waals surface area contributed by atoms with Crippen LogP contribution >= 0.6 is 15.9 Å². The lowest BCUT2D eigenvalue weighted by Crippen LogP contribution is -2.60. The molecule has 0 aromatic rings. The van der Waals surface area contributed by atoms with E-state index in [0.29, 0.717) is 28.7 Å². The van der Waals surface area contributed by atoms with Crippen LogP contribution in [0.25, 0.3) is 0 Å². The quantitative estimate of drug-likeness (QED) is 0.238. The molecule has 10 atom stereocenters. The molecule has 0 aromatic carbocycles. The van der Waals surface area contributed by atoms with Gasteiger partial charge in [-0.25, -0.2) is 0 Å². The molecule has 0 aliphatic heterocycles. The van der Waals surface area contributed by atoms with E-state index in [2.05, 4.69) is 69.6 Å². The Morgan fingerprint density at radius 3 is 1.69 bits per heavy atom. The van der Waals surface area contributed by atoms with Crippen LogP contribution in [0.5, 0.6) is 0 Å². The third-order valence-electron chi connectivity index (χ3n) is 11.3. The van der Waals surface area contributed by atoms with E-state index in [4.69, 9.17) is 4.65 Å². The molecule has 7 rings (SSSR count). The second-order valence-electron chi connectivity index (χ2n) is 12.8. The minimum absolute atomic E-state index is 0.363. The minimum Gasteiger partial charge on any atom is -0.431 e. The van der Waals surface area contributed by atoms with E-state index in [0.717, 1.165) is 60.0 Å². The highest BCUT2D eigenvalue weighted by atomic mass is 79.9. The summed E-state index contributed by atoms with van der Waals surface area (Å²) in [4.78, 5) is 0.491. The Morgan fingerprint density at radius 1 is 0.793 bits per heavy atom. The predicted octanol–water partition coefficient (Wildman–Crippen LogP) is 7.62. The number of hydrogen-bond donors (Lipinski definition) is 0. The van der Waals surface area contributed by atoms with Crippen LogP contribution in [-0.4, -0.2) is 17.8 Å². The maximum Gasteiger partial charge on any atom is 0.300 e. The number of halogens is 1. The third-order valence-corrected chi connectivity index (χ3v) is 12.3. The molecule has 0 amide bonds. The largest absolute Gasteiger partial charge is 0.431 e. The first-order chi connectivity index (χ1) is 13.6. The van der Waals surface area contributed by atoms with Crippen molar-refractivity contribution in [1.29, 1.82) is 0 Å². The van der Waals surface area contributed by atoms with Gasteiger partial charge < -0.3 is 4.65 Å². The summed E-state index contributed by atoms with van der Waals surface area (Å²) in [6.07, 6.45) is 13.0. The summed E-state index contributed by atoms with van der Waals surface area (Å²) in [6.45, 7) is 15.8. The van der Waals surface area contributed by atoms with Gasteiger partial charge in [0, 0.05) is 4.83 Å². The van der Waals surface area contributed by atoms with Crippen molar-refractivity contribution >= 4 is 22.8 Å². The van der Waals surface area contributed by atoms with Gasteiger partial charge in [-0.05, 0) is 83.7 Å². The van der Waals surface area contributed by atoms with Gasteiger partial charge in [-0.15, -0.1) is 0 Å². The van der Waals surface area contributed by atoms with Crippen molar-refractivity contribution < 1.29 is 4.65 Å². The van der Waals surface area contributed by atoms with Crippen LogP contribution in [0.2, 0.25) is 11.6 Å². The normalized spacial score (nSPS) is 51.7. The molecule has 4 bridgehead atoms. The number of allylic oxidation sites excluding steroid dienone is 1. The Balaban J connectivity index is 1.41. The van der Waals surface area contributed by atoms with Crippen molar-refractivity contribution in [1.82, 2.24) is 0 Å². The van der Waals surface area contributed by atoms with Gasteiger partial charge in [0.1, 0.15) is 0 Å². The summed E-state index contributed by atoms with van der Waals surface area (Å²) in [5.74, 6) is 6.83. The molecule has 7 aliphatic rings. The van der Waals surface area contributed by atoms with E-state index in [-0.39, 0.29) is 0 Å². The van der Waals surface area contributed by atoms with Crippen molar-refractivity contribution in [2.45, 2.75) is 103 Å². The zero-order valence-electron chi connectivity index (χ0n) is 19.5. The Bertz CT molecular complexity index is 630. The van der Waals surface area contributed by atoms with E-state index >= 15 is 0 Å². The van der Waals surface area contributed by atoms with Gasteiger partial charge in [0.15, 0.2) is 0 Å². The Labute approximate surface area is 188 Å². The van der Waals surface area contributed by atoms with Crippen molar-refractivity contribution in [2.75, 3.05) is 0 Å². The van der Waals surface area contributed by atoms with Crippen LogP contribution in [0, 0.1) is 46.3 Å². The first kappa shape index (κ1) is 21.1. The highest BCUT2D eigenvalue weighted by molar-refractivity contribution is 9.09. The summed E-state index contributed by atoms with van der Waals surface area (Å²) in [5, 5.41) is 0. The second-order valence-corrected chi connectivity index (χ2v) is 14.0. The van der Waals surface area contributed by atoms with E-state index in [1.54, 1.807) is 0 Å². The predicted molar refractivity (Wildman–Crippen MR) is 128 cm³/mol. The fourth-order valence-electron chi connectivity index (χ4n) is 8.86. The van der Waals surface area contributed by atoms with Crippen LogP contribution in [-0.2, 0) is 4.65 Å². The molecule has 0 saturated heterocycles. The molecule has 1 nitrogen and oxygen atoms in total. The number of alkyl halides is 1. The lowest BCUT2D eigenvalue weighted by molar-refractivity contribution is -0.112. The lowest BCUT2D eigenvalue weighted by Gasteiger charge is -2.66. The number of fused-ring (bicyclic) bond motifs is 4. The minimum atomic E-state index is 0.363. The molecule has 6 fully saturated rings. The van der Waals surface area contributed by atoms with E-state index in [9.17, 15) is 0 Å². The summed E-state index contributed by atoms with van der Waals surface area (Å²) < 4.78 is 7.20. The van der Waals surface area contributed by atoms with Crippen molar-refractivity contribution in [2.24, 2.45) is 46.3 Å². The molecule has 0 radical (unpaired) electrons. The maximum absolute atomic E-state index is 7.20. The average Bonchev–Trinajstić information content (AvgIpc) is 2.67. The molecule has 6 saturated carbocycles. The van der Waals surface area contributed by atoms with Gasteiger partial charge in [0.05, 0.1) is 6.10 Å². The zero-order valence-corrected chi connectivity index (χ0v) is 21.1. The molecule has 0 heterocycles. The molecule has 0 N–H and O–H groups in total. The third kappa shape index (κ3) is 3.10. The smallest absolute Gasteiger partial charge is 0.300 e. The lowest BCUT2D eigenvalue weighted by atomic mass is 9.27. The van der Waals surface area contributed by atoms with Crippen LogP contribution in [0.1, 0.15) is 80.1 Å². The second kappa shape index (κ2) is 7.13. The number of hydrogen-bond acceptors (Lipinski definition) is 1. The van der Waals surface area contributed by atoms with Crippen molar-refractivity contribution in [3.8, 4) is 0 Å². The van der Waals surface area contributed by atoms with E-state index in [1.807, 2.05) is 0 Å². The van der Waals surface area contributed by atoms with Crippen LogP contribution in [0.4, 0.5) is 0 Å². The topological polar surface area (TPSA) is 9.23 Å². The molecular formula is C26H42BBrO. The van der Waals surface area contributed by atoms with Gasteiger partial charge in [-0.2, -0.15) is 0 Å². The molecule has 29 heavy (non-hydrogen) atoms. The number of rotatable bonds is 4. The molecule has 162 valence electrons. The molecule has 7 aliphatic carbocycles. The highest BCUT2D eigenvalue weighted by Crippen LogP contribution is 2.69. The highest BCUT2D eigenvalue weighted by Gasteiger charge is 2.63. The van der Waals surface area contributed by atoms with E-state index < -0.39 is 0 Å². The van der Waals surface area contributed by atoms with Gasteiger partial charge >= 0.3 is 0 Å². The van der Waals surface area contributed by atoms with Crippen molar-refractivity contribution in [3.63, 3.8) is 0 Å². The monoisotopic (exact) mass is 460 g/mol. The average molecular weight is 461 g/mol. The first-order valence-corrected chi connectivity index (χ1v) is 13.5. The molecule has 3 heteroatoms. The molecule has 0 spiro atoms. The summed E-state index contributed by atoms with van der Waals surface area (Å²) in [7, 11) is 0. The van der Waals surface area contributed by atoms with Crippen LogP contribution in [0.15, 0.2) is 12.2 Å². The van der Waals surface area contributed by atoms with Gasteiger partial charge in [0.2, 0.25) is 0 Å². The Morgan fingerprint density at radius 2 is 1.28 bits per heavy atom. The summed E-state index contributed by atoms with van der Waals surface area (Å²) in [5.41, 5.74) is 1.13.